The van der Waals surface area contributed by atoms with Crippen LogP contribution in [0.2, 0.25) is 5.02 Å². The van der Waals surface area contributed by atoms with E-state index in [9.17, 15) is 0 Å². The maximum atomic E-state index is 6.29. The van der Waals surface area contributed by atoms with Gasteiger partial charge < -0.3 is 4.57 Å². The number of hydrogen-bond acceptors (Lipinski definition) is 1. The molecule has 1 aliphatic rings. The zero-order chi connectivity index (χ0) is 14.1. The lowest BCUT2D eigenvalue weighted by atomic mass is 9.82. The van der Waals surface area contributed by atoms with E-state index in [4.69, 9.17) is 23.2 Å². The Kier molecular flexibility index (Phi) is 4.23. The molecule has 2 unspecified atom stereocenters. The van der Waals surface area contributed by atoms with Crippen molar-refractivity contribution in [3.05, 3.63) is 29.0 Å². The Morgan fingerprint density at radius 1 is 1.30 bits per heavy atom. The highest BCUT2D eigenvalue weighted by Crippen LogP contribution is 2.39. The molecule has 1 saturated carbocycles. The number of imidazole rings is 1. The van der Waals surface area contributed by atoms with E-state index >= 15 is 0 Å². The number of benzene rings is 1. The van der Waals surface area contributed by atoms with Gasteiger partial charge in [0.1, 0.15) is 11.3 Å². The van der Waals surface area contributed by atoms with Crippen LogP contribution in [-0.4, -0.2) is 9.55 Å². The van der Waals surface area contributed by atoms with Crippen molar-refractivity contribution < 1.29 is 0 Å². The Morgan fingerprint density at radius 2 is 2.10 bits per heavy atom. The van der Waals surface area contributed by atoms with Gasteiger partial charge in [-0.2, -0.15) is 0 Å². The van der Waals surface area contributed by atoms with Crippen molar-refractivity contribution in [3.8, 4) is 0 Å². The predicted molar refractivity (Wildman–Crippen MR) is 85.6 cm³/mol. The first-order valence-electron chi connectivity index (χ1n) is 7.47. The zero-order valence-corrected chi connectivity index (χ0v) is 13.3. The molecule has 1 aromatic heterocycles. The molecule has 108 valence electrons. The largest absolute Gasteiger partial charge is 0.324 e. The molecule has 0 saturated heterocycles. The van der Waals surface area contributed by atoms with Gasteiger partial charge in [-0.1, -0.05) is 43.9 Å². The summed E-state index contributed by atoms with van der Waals surface area (Å²) in [6.07, 6.45) is 6.39. The molecule has 1 aliphatic carbocycles. The molecule has 4 heteroatoms. The second kappa shape index (κ2) is 5.95. The van der Waals surface area contributed by atoms with Gasteiger partial charge in [-0.05, 0) is 30.9 Å². The summed E-state index contributed by atoms with van der Waals surface area (Å²) in [5.41, 5.74) is 2.03. The van der Waals surface area contributed by atoms with Crippen LogP contribution in [0.1, 0.15) is 50.9 Å². The number of para-hydroxylation sites is 1. The van der Waals surface area contributed by atoms with E-state index in [1.54, 1.807) is 0 Å². The number of hydrogen-bond donors (Lipinski definition) is 0. The van der Waals surface area contributed by atoms with Gasteiger partial charge in [-0.25, -0.2) is 4.98 Å². The number of fused-ring (bicyclic) bond motifs is 1. The Bertz CT molecular complexity index is 606. The van der Waals surface area contributed by atoms with Crippen molar-refractivity contribution >= 4 is 34.2 Å². The summed E-state index contributed by atoms with van der Waals surface area (Å²) in [5, 5.41) is 0.719. The van der Waals surface area contributed by atoms with Crippen LogP contribution < -0.4 is 0 Å². The zero-order valence-electron chi connectivity index (χ0n) is 11.8. The second-order valence-electron chi connectivity index (χ2n) is 5.66. The molecule has 3 rings (SSSR count). The van der Waals surface area contributed by atoms with Gasteiger partial charge in [0, 0.05) is 6.04 Å². The molecule has 1 heterocycles. The van der Waals surface area contributed by atoms with E-state index in [-0.39, 0.29) is 0 Å². The van der Waals surface area contributed by atoms with Gasteiger partial charge in [0.15, 0.2) is 0 Å². The van der Waals surface area contributed by atoms with Gasteiger partial charge in [0.05, 0.1) is 16.4 Å². The molecule has 0 bridgehead atoms. The maximum Gasteiger partial charge on any atom is 0.125 e. The number of halogens is 2. The number of alkyl halides is 1. The van der Waals surface area contributed by atoms with Gasteiger partial charge in [-0.3, -0.25) is 0 Å². The minimum absolute atomic E-state index is 0.442. The van der Waals surface area contributed by atoms with Crippen molar-refractivity contribution in [3.63, 3.8) is 0 Å². The standard InChI is InChI=1S/C16H20Cl2N2/c1-2-11-6-3-4-8-13(11)20-14-9-5-7-12(18)16(14)19-15(20)10-17/h5,7,9,11,13H,2-4,6,8,10H2,1H3. The summed E-state index contributed by atoms with van der Waals surface area (Å²) in [6.45, 7) is 2.29. The fourth-order valence-electron chi connectivity index (χ4n) is 3.60. The molecule has 1 fully saturated rings. The normalized spacial score (nSPS) is 23.4. The van der Waals surface area contributed by atoms with Gasteiger partial charge in [0.2, 0.25) is 0 Å². The molecule has 2 nitrogen and oxygen atoms in total. The predicted octanol–water partition coefficient (Wildman–Crippen LogP) is 5.57. The lowest BCUT2D eigenvalue weighted by Crippen LogP contribution is -2.24. The van der Waals surface area contributed by atoms with E-state index in [2.05, 4.69) is 22.5 Å². The molecular weight excluding hydrogens is 291 g/mol. The topological polar surface area (TPSA) is 17.8 Å². The second-order valence-corrected chi connectivity index (χ2v) is 6.33. The van der Waals surface area contributed by atoms with Crippen molar-refractivity contribution in [1.82, 2.24) is 9.55 Å². The molecule has 1 aromatic carbocycles. The lowest BCUT2D eigenvalue weighted by Gasteiger charge is -2.33. The third-order valence-corrected chi connectivity index (χ3v) is 5.13. The molecule has 2 atom stereocenters. The van der Waals surface area contributed by atoms with Gasteiger partial charge >= 0.3 is 0 Å². The fourth-order valence-corrected chi connectivity index (χ4v) is 4.00. The summed E-state index contributed by atoms with van der Waals surface area (Å²) in [7, 11) is 0. The van der Waals surface area contributed by atoms with Crippen LogP contribution >= 0.6 is 23.2 Å². The van der Waals surface area contributed by atoms with Crippen LogP contribution in [0.25, 0.3) is 11.0 Å². The third kappa shape index (κ3) is 2.33. The molecule has 0 amide bonds. The number of aromatic nitrogens is 2. The van der Waals surface area contributed by atoms with Crippen molar-refractivity contribution in [2.75, 3.05) is 0 Å². The Balaban J connectivity index is 2.15. The number of nitrogens with zero attached hydrogens (tertiary/aromatic N) is 2. The minimum Gasteiger partial charge on any atom is -0.324 e. The Morgan fingerprint density at radius 3 is 2.85 bits per heavy atom. The highest BCUT2D eigenvalue weighted by atomic mass is 35.5. The highest BCUT2D eigenvalue weighted by Gasteiger charge is 2.28. The summed E-state index contributed by atoms with van der Waals surface area (Å²) in [5.74, 6) is 2.13. The summed E-state index contributed by atoms with van der Waals surface area (Å²) >= 11 is 12.4. The monoisotopic (exact) mass is 310 g/mol. The average molecular weight is 311 g/mol. The van der Waals surface area contributed by atoms with E-state index in [0.717, 1.165) is 27.8 Å². The molecule has 0 N–H and O–H groups in total. The van der Waals surface area contributed by atoms with Crippen molar-refractivity contribution in [2.24, 2.45) is 5.92 Å². The van der Waals surface area contributed by atoms with E-state index in [1.165, 1.54) is 32.1 Å². The molecular formula is C16H20Cl2N2. The van der Waals surface area contributed by atoms with Crippen LogP contribution in [-0.2, 0) is 5.88 Å². The molecule has 0 spiro atoms. The Hall–Kier alpha value is -0.730. The molecule has 0 radical (unpaired) electrons. The SMILES string of the molecule is CCC1CCCCC1n1c(CCl)nc2c(Cl)cccc21. The third-order valence-electron chi connectivity index (χ3n) is 4.59. The van der Waals surface area contributed by atoms with Gasteiger partial charge in [0.25, 0.3) is 0 Å². The van der Waals surface area contributed by atoms with Crippen LogP contribution in [0.15, 0.2) is 18.2 Å². The first kappa shape index (κ1) is 14.2. The smallest absolute Gasteiger partial charge is 0.125 e. The summed E-state index contributed by atoms with van der Waals surface area (Å²) in [6, 6.07) is 6.54. The molecule has 20 heavy (non-hydrogen) atoms. The van der Waals surface area contributed by atoms with Crippen LogP contribution in [0.5, 0.6) is 0 Å². The van der Waals surface area contributed by atoms with Crippen molar-refractivity contribution in [2.45, 2.75) is 50.9 Å². The Labute approximate surface area is 130 Å². The van der Waals surface area contributed by atoms with E-state index in [0.29, 0.717) is 11.9 Å². The highest BCUT2D eigenvalue weighted by molar-refractivity contribution is 6.35. The molecule has 0 aliphatic heterocycles. The first-order valence-corrected chi connectivity index (χ1v) is 8.38. The van der Waals surface area contributed by atoms with Crippen LogP contribution in [0, 0.1) is 5.92 Å². The lowest BCUT2D eigenvalue weighted by molar-refractivity contribution is 0.234. The van der Waals surface area contributed by atoms with Crippen LogP contribution in [0.4, 0.5) is 0 Å². The van der Waals surface area contributed by atoms with Crippen LogP contribution in [0.3, 0.4) is 0 Å². The van der Waals surface area contributed by atoms with Gasteiger partial charge in [-0.15, -0.1) is 11.6 Å². The maximum absolute atomic E-state index is 6.29. The first-order chi connectivity index (χ1) is 9.76. The van der Waals surface area contributed by atoms with Crippen molar-refractivity contribution in [1.29, 1.82) is 0 Å². The number of rotatable bonds is 3. The molecule has 2 aromatic rings. The average Bonchev–Trinajstić information content (AvgIpc) is 2.87. The quantitative estimate of drug-likeness (QED) is 0.678. The minimum atomic E-state index is 0.442. The van der Waals surface area contributed by atoms with E-state index in [1.807, 2.05) is 12.1 Å². The van der Waals surface area contributed by atoms with E-state index < -0.39 is 0 Å². The fraction of sp³-hybridized carbons (Fsp3) is 0.562. The summed E-state index contributed by atoms with van der Waals surface area (Å²) in [4.78, 5) is 4.67. The summed E-state index contributed by atoms with van der Waals surface area (Å²) < 4.78 is 2.36.